The van der Waals surface area contributed by atoms with E-state index in [1.54, 1.807) is 0 Å². The summed E-state index contributed by atoms with van der Waals surface area (Å²) in [4.78, 5) is 14.3. The normalized spacial score (nSPS) is 35.1. The van der Waals surface area contributed by atoms with Gasteiger partial charge in [-0.2, -0.15) is 0 Å². The maximum absolute atomic E-state index is 12.1. The van der Waals surface area contributed by atoms with Crippen LogP contribution < -0.4 is 0 Å². The minimum atomic E-state index is -0.325. The summed E-state index contributed by atoms with van der Waals surface area (Å²) in [6.07, 6.45) is 1.27. The number of likely N-dealkylation sites (tertiary alicyclic amines) is 1. The van der Waals surface area contributed by atoms with Crippen LogP contribution in [0.3, 0.4) is 0 Å². The minimum Gasteiger partial charge on any atom is -0.468 e. The molecular weight excluding hydrogens is 381 g/mol. The van der Waals surface area contributed by atoms with Gasteiger partial charge in [-0.1, -0.05) is 52.9 Å². The Morgan fingerprint density at radius 1 is 1.43 bits per heavy atom. The third-order valence-corrected chi connectivity index (χ3v) is 6.39. The van der Waals surface area contributed by atoms with E-state index in [1.165, 1.54) is 12.7 Å². The average Bonchev–Trinajstić information content (AvgIpc) is 2.94. The lowest BCUT2D eigenvalue weighted by Gasteiger charge is -2.35. The van der Waals surface area contributed by atoms with Crippen LogP contribution in [0.15, 0.2) is 30.3 Å². The molecule has 0 aromatic heterocycles. The molecule has 4 nitrogen and oxygen atoms in total. The van der Waals surface area contributed by atoms with Crippen molar-refractivity contribution < 1.29 is 14.6 Å². The lowest BCUT2D eigenvalue weighted by Crippen LogP contribution is -2.52. The van der Waals surface area contributed by atoms with Gasteiger partial charge in [0.1, 0.15) is 6.04 Å². The molecule has 4 unspecified atom stereocenters. The lowest BCUT2D eigenvalue weighted by molar-refractivity contribution is -0.150. The Bertz CT molecular complexity index is 510. The summed E-state index contributed by atoms with van der Waals surface area (Å²) >= 11 is 2.39. The van der Waals surface area contributed by atoms with Crippen LogP contribution in [0, 0.1) is 5.92 Å². The topological polar surface area (TPSA) is 49.8 Å². The monoisotopic (exact) mass is 401 g/mol. The molecule has 1 heterocycles. The van der Waals surface area contributed by atoms with Crippen LogP contribution in [0.1, 0.15) is 12.0 Å². The Hall–Kier alpha value is -0.660. The molecule has 114 valence electrons. The summed E-state index contributed by atoms with van der Waals surface area (Å²) in [6, 6.07) is 10.1. The molecule has 0 amide bonds. The zero-order valence-electron chi connectivity index (χ0n) is 12.0. The molecule has 1 aliphatic heterocycles. The van der Waals surface area contributed by atoms with E-state index in [0.717, 1.165) is 13.0 Å². The van der Waals surface area contributed by atoms with E-state index < -0.39 is 0 Å². The standard InChI is InChI=1S/C16H20INO3/c1-21-16(20)14-11-9-12(19)15(13(11)17)18(14)8-7-10-5-3-2-4-6-10/h2-6,11-15,19H,7-9H2,1H3/t11?,12?,13?,14?,15-/m0/s1. The number of fused-ring (bicyclic) bond motifs is 2. The zero-order chi connectivity index (χ0) is 15.0. The number of benzene rings is 1. The van der Waals surface area contributed by atoms with Crippen LogP contribution in [0.2, 0.25) is 0 Å². The molecule has 1 aromatic rings. The van der Waals surface area contributed by atoms with Crippen molar-refractivity contribution in [2.24, 2.45) is 5.92 Å². The predicted octanol–water partition coefficient (Wildman–Crippen LogP) is 1.64. The molecule has 5 heteroatoms. The molecule has 0 radical (unpaired) electrons. The molecule has 2 fully saturated rings. The number of esters is 1. The van der Waals surface area contributed by atoms with Gasteiger partial charge in [0.2, 0.25) is 0 Å². The minimum absolute atomic E-state index is 0.0726. The summed E-state index contributed by atoms with van der Waals surface area (Å²) in [6.45, 7) is 0.779. The number of alkyl halides is 1. The van der Waals surface area contributed by atoms with Crippen molar-refractivity contribution >= 4 is 28.6 Å². The first-order valence-corrected chi connectivity index (χ1v) is 8.57. The number of hydrogen-bond acceptors (Lipinski definition) is 4. The number of nitrogens with zero attached hydrogens (tertiary/aromatic N) is 1. The number of hydrogen-bond donors (Lipinski definition) is 1. The van der Waals surface area contributed by atoms with E-state index in [4.69, 9.17) is 4.74 Å². The van der Waals surface area contributed by atoms with Gasteiger partial charge in [0.05, 0.1) is 13.2 Å². The summed E-state index contributed by atoms with van der Waals surface area (Å²) in [5.74, 6) is 0.0398. The van der Waals surface area contributed by atoms with Crippen molar-refractivity contribution in [1.82, 2.24) is 4.90 Å². The van der Waals surface area contributed by atoms with Gasteiger partial charge in [0, 0.05) is 22.4 Å². The Kier molecular flexibility index (Phi) is 4.51. The molecule has 21 heavy (non-hydrogen) atoms. The highest BCUT2D eigenvalue weighted by molar-refractivity contribution is 14.1. The van der Waals surface area contributed by atoms with Crippen molar-refractivity contribution in [2.45, 2.75) is 35.0 Å². The molecule has 1 aliphatic carbocycles. The van der Waals surface area contributed by atoms with Gasteiger partial charge in [-0.05, 0) is 18.4 Å². The highest BCUT2D eigenvalue weighted by atomic mass is 127. The largest absolute Gasteiger partial charge is 0.468 e. The first-order chi connectivity index (χ1) is 10.1. The smallest absolute Gasteiger partial charge is 0.323 e. The number of carbonyl (C=O) groups is 1. The Labute approximate surface area is 138 Å². The second-order valence-electron chi connectivity index (χ2n) is 5.84. The Balaban J connectivity index is 1.76. The number of rotatable bonds is 4. The molecule has 1 N–H and O–H groups in total. The SMILES string of the molecule is COC(=O)C1C2CC(O)[C@@H](C2I)N1CCc1ccccc1. The fourth-order valence-electron chi connectivity index (χ4n) is 3.77. The molecule has 2 aliphatic rings. The first kappa shape index (κ1) is 15.2. The number of piperidine rings is 1. The maximum Gasteiger partial charge on any atom is 0.323 e. The third-order valence-electron chi connectivity index (χ3n) is 4.73. The van der Waals surface area contributed by atoms with E-state index in [2.05, 4.69) is 39.6 Å². The fraction of sp³-hybridized carbons (Fsp3) is 0.562. The second kappa shape index (κ2) is 6.22. The number of carbonyl (C=O) groups excluding carboxylic acids is 1. The average molecular weight is 401 g/mol. The van der Waals surface area contributed by atoms with Crippen molar-refractivity contribution in [3.8, 4) is 0 Å². The molecule has 3 rings (SSSR count). The van der Waals surface area contributed by atoms with Gasteiger partial charge in [0.15, 0.2) is 0 Å². The number of methoxy groups -OCH3 is 1. The number of ether oxygens (including phenoxy) is 1. The molecule has 0 spiro atoms. The second-order valence-corrected chi connectivity index (χ2v) is 7.28. The van der Waals surface area contributed by atoms with Gasteiger partial charge < -0.3 is 9.84 Å². The maximum atomic E-state index is 12.1. The van der Waals surface area contributed by atoms with E-state index in [9.17, 15) is 9.90 Å². The summed E-state index contributed by atoms with van der Waals surface area (Å²) in [5.41, 5.74) is 1.25. The summed E-state index contributed by atoms with van der Waals surface area (Å²) in [7, 11) is 1.45. The number of halogens is 1. The van der Waals surface area contributed by atoms with Crippen LogP contribution in [-0.4, -0.2) is 51.7 Å². The van der Waals surface area contributed by atoms with Gasteiger partial charge in [-0.25, -0.2) is 0 Å². The number of aliphatic hydroxyl groups is 1. The van der Waals surface area contributed by atoms with Crippen LogP contribution in [0.25, 0.3) is 0 Å². The third kappa shape index (κ3) is 2.71. The molecule has 2 bridgehead atoms. The predicted molar refractivity (Wildman–Crippen MR) is 88.4 cm³/mol. The Morgan fingerprint density at radius 3 is 2.81 bits per heavy atom. The van der Waals surface area contributed by atoms with E-state index in [0.29, 0.717) is 10.3 Å². The lowest BCUT2D eigenvalue weighted by atomic mass is 9.97. The van der Waals surface area contributed by atoms with Gasteiger partial charge in [-0.15, -0.1) is 0 Å². The zero-order valence-corrected chi connectivity index (χ0v) is 14.1. The summed E-state index contributed by atoms with van der Waals surface area (Å²) < 4.78 is 5.30. The quantitative estimate of drug-likeness (QED) is 0.474. The van der Waals surface area contributed by atoms with Gasteiger partial charge in [-0.3, -0.25) is 9.69 Å². The molecular formula is C16H20INO3. The summed E-state index contributed by atoms with van der Waals surface area (Å²) in [5, 5.41) is 10.2. The highest BCUT2D eigenvalue weighted by Gasteiger charge is 2.59. The van der Waals surface area contributed by atoms with Crippen LogP contribution in [-0.2, 0) is 16.0 Å². The van der Waals surface area contributed by atoms with Crippen molar-refractivity contribution in [3.05, 3.63) is 35.9 Å². The van der Waals surface area contributed by atoms with E-state index in [1.807, 2.05) is 18.2 Å². The Morgan fingerprint density at radius 2 is 2.14 bits per heavy atom. The van der Waals surface area contributed by atoms with Gasteiger partial charge >= 0.3 is 5.97 Å². The molecule has 1 aromatic carbocycles. The van der Waals surface area contributed by atoms with Crippen molar-refractivity contribution in [3.63, 3.8) is 0 Å². The fourth-order valence-corrected chi connectivity index (χ4v) is 5.35. The van der Waals surface area contributed by atoms with E-state index in [-0.39, 0.29) is 30.1 Å². The molecule has 1 saturated carbocycles. The van der Waals surface area contributed by atoms with E-state index >= 15 is 0 Å². The van der Waals surface area contributed by atoms with Crippen molar-refractivity contribution in [1.29, 1.82) is 0 Å². The van der Waals surface area contributed by atoms with Gasteiger partial charge in [0.25, 0.3) is 0 Å². The van der Waals surface area contributed by atoms with Crippen LogP contribution in [0.5, 0.6) is 0 Å². The first-order valence-electron chi connectivity index (χ1n) is 7.33. The highest BCUT2D eigenvalue weighted by Crippen LogP contribution is 2.47. The molecule has 5 atom stereocenters. The van der Waals surface area contributed by atoms with Crippen LogP contribution >= 0.6 is 22.6 Å². The number of aliphatic hydroxyl groups excluding tert-OH is 1. The molecule has 1 saturated heterocycles. The van der Waals surface area contributed by atoms with Crippen LogP contribution in [0.4, 0.5) is 0 Å². The van der Waals surface area contributed by atoms with Crippen molar-refractivity contribution in [2.75, 3.05) is 13.7 Å².